The summed E-state index contributed by atoms with van der Waals surface area (Å²) in [5.74, 6) is -12.1. The molecule has 2 rings (SSSR count). The quantitative estimate of drug-likeness (QED) is 0.0254. The van der Waals surface area contributed by atoms with Crippen molar-refractivity contribution >= 4 is 71.9 Å². The van der Waals surface area contributed by atoms with Gasteiger partial charge >= 0.3 is 54.3 Å². The monoisotopic (exact) mass is 1340 g/mol. The number of aliphatic hydroxyl groups is 9. The summed E-state index contributed by atoms with van der Waals surface area (Å²) >= 11 is 0. The van der Waals surface area contributed by atoms with Crippen LogP contribution in [0.25, 0.3) is 0 Å². The summed E-state index contributed by atoms with van der Waals surface area (Å²) in [5.41, 5.74) is 0. The highest BCUT2D eigenvalue weighted by atomic mass is 31.2. The van der Waals surface area contributed by atoms with Gasteiger partial charge in [0, 0.05) is 45.1 Å². The number of amides is 2. The number of nitrogens with zero attached hydrogens (tertiary/aromatic N) is 3. The Hall–Kier alpha value is -3.55. The van der Waals surface area contributed by atoms with Gasteiger partial charge in [-0.25, -0.2) is 0 Å². The van der Waals surface area contributed by atoms with Crippen molar-refractivity contribution < 1.29 is 176 Å². The number of hydrogen-bond acceptors (Lipinski definition) is 27. The lowest BCUT2D eigenvalue weighted by atomic mass is 9.90. The lowest BCUT2D eigenvalue weighted by Gasteiger charge is -2.49. The van der Waals surface area contributed by atoms with Gasteiger partial charge < -0.3 is 135 Å². The highest BCUT2D eigenvalue weighted by molar-refractivity contribution is 7.71. The minimum Gasteiger partial charge on any atom is -0.480 e. The largest absolute Gasteiger partial charge is 0.480 e. The number of aliphatic carboxylic acids is 4. The number of carboxylic acid groups (broad SMARTS) is 4. The number of Topliss-reactive ketones (excluding diaryl/α,β-unsaturated/α-hetero) is 1. The molecule has 2 amide bonds. The van der Waals surface area contributed by atoms with Gasteiger partial charge in [-0.1, -0.05) is 14.9 Å². The highest BCUT2D eigenvalue weighted by Gasteiger charge is 2.55. The van der Waals surface area contributed by atoms with Crippen LogP contribution >= 0.6 is 30.4 Å². The third-order valence-electron chi connectivity index (χ3n) is 12.7. The molecule has 0 saturated carbocycles. The van der Waals surface area contributed by atoms with Crippen molar-refractivity contribution in [3.8, 4) is 0 Å². The number of carbonyl (C=O) groups excluding carboxylic acids is 3. The fourth-order valence-electron chi connectivity index (χ4n) is 8.55. The Kier molecular flexibility index (Phi) is 34.8. The van der Waals surface area contributed by atoms with Crippen LogP contribution in [0.5, 0.6) is 0 Å². The topological polar surface area (TPSA) is 683 Å². The maximum absolute atomic E-state index is 13.6. The van der Waals surface area contributed by atoms with Crippen LogP contribution < -0.4 is 10.6 Å². The van der Waals surface area contributed by atoms with E-state index in [1.165, 1.54) is 0 Å². The first-order chi connectivity index (χ1) is 38.6. The Bertz CT molecular complexity index is 2350. The van der Waals surface area contributed by atoms with E-state index in [-0.39, 0.29) is 34.5 Å². The number of carbonyl (C=O) groups is 7. The van der Waals surface area contributed by atoms with Gasteiger partial charge in [0.25, 0.3) is 0 Å². The smallest absolute Gasteiger partial charge is 0.341 e. The molecule has 0 aromatic heterocycles. The predicted octanol–water partition coefficient (Wildman–Crippen LogP) is -9.81. The van der Waals surface area contributed by atoms with Gasteiger partial charge in [0.05, 0.1) is 71.5 Å². The van der Waals surface area contributed by atoms with Crippen LogP contribution in [0.1, 0.15) is 34.1 Å². The van der Waals surface area contributed by atoms with Crippen LogP contribution in [0.15, 0.2) is 0 Å². The van der Waals surface area contributed by atoms with E-state index in [1.807, 2.05) is 10.6 Å². The lowest BCUT2D eigenvalue weighted by Crippen LogP contribution is -2.70. The van der Waals surface area contributed by atoms with Crippen LogP contribution in [0.4, 0.5) is 0 Å². The van der Waals surface area contributed by atoms with Crippen molar-refractivity contribution in [2.24, 2.45) is 5.92 Å². The molecular weight excluding hydrogens is 1260 g/mol. The Labute approximate surface area is 488 Å². The van der Waals surface area contributed by atoms with E-state index in [1.54, 1.807) is 0 Å². The molecule has 0 aromatic rings. The van der Waals surface area contributed by atoms with Gasteiger partial charge in [0.1, 0.15) is 66.7 Å². The van der Waals surface area contributed by atoms with Crippen LogP contribution in [0.3, 0.4) is 0 Å². The van der Waals surface area contributed by atoms with Crippen molar-refractivity contribution in [1.82, 2.24) is 25.3 Å². The number of aliphatic hydroxyl groups excluding tert-OH is 9. The normalized spacial score (nSPS) is 24.5. The molecule has 0 radical (unpaired) electrons. The SMILES string of the molecule is C.C.O=C(O)CN(CCN(CC(=O)O)CC(=O)O)CCN(CC(=O)O)CC(=O)CC(CO)[C@H](O)[C@H](O[C@@H]1OC(CO)[C@@H](O[C@@H]2OC(CO)[C@@H](O)[C@@H](O)C2NC(=O)CC(P(=O)(O)O)P(=O)(O)O)[C@@H](O)C1NC(=O)CC(P(=O)(O)O)P(=O)(O)O)C(O)CO. The molecule has 6 unspecified atom stereocenters. The molecule has 0 aliphatic carbocycles. The first-order valence-corrected chi connectivity index (χ1v) is 31.1. The second-order valence-corrected chi connectivity index (χ2v) is 27.3. The van der Waals surface area contributed by atoms with Crippen molar-refractivity contribution in [3.63, 3.8) is 0 Å². The van der Waals surface area contributed by atoms with E-state index in [2.05, 4.69) is 0 Å². The zero-order valence-electron chi connectivity index (χ0n) is 43.7. The van der Waals surface area contributed by atoms with E-state index in [4.69, 9.17) is 29.2 Å². The lowest BCUT2D eigenvalue weighted by molar-refractivity contribution is -0.342. The van der Waals surface area contributed by atoms with Crippen molar-refractivity contribution in [3.05, 3.63) is 0 Å². The Morgan fingerprint density at radius 3 is 1.24 bits per heavy atom. The molecule has 2 saturated heterocycles. The van der Waals surface area contributed by atoms with E-state index >= 15 is 0 Å². The number of ether oxygens (including phenoxy) is 4. The zero-order valence-corrected chi connectivity index (χ0v) is 47.3. The number of hydrogen-bond donors (Lipinski definition) is 23. The number of ketones is 1. The maximum Gasteiger partial charge on any atom is 0.341 e. The fourth-order valence-corrected chi connectivity index (χ4v) is 13.3. The molecular formula is C41H79N5O36P4. The molecule has 0 spiro atoms. The molecule has 45 heteroatoms. The summed E-state index contributed by atoms with van der Waals surface area (Å²) in [6.07, 6.45) is -30.3. The Balaban J connectivity index is 0.0000361. The first-order valence-electron chi connectivity index (χ1n) is 24.4. The first kappa shape index (κ1) is 82.5. The molecule has 504 valence electrons. The summed E-state index contributed by atoms with van der Waals surface area (Å²) in [6, 6.07) is -4.74. The molecule has 41 nitrogen and oxygen atoms in total. The van der Waals surface area contributed by atoms with Crippen LogP contribution in [-0.4, -0.2) is 337 Å². The molecule has 2 aliphatic heterocycles. The van der Waals surface area contributed by atoms with Gasteiger partial charge in [-0.05, 0) is 0 Å². The summed E-state index contributed by atoms with van der Waals surface area (Å²) in [6.45, 7) is -10.6. The summed E-state index contributed by atoms with van der Waals surface area (Å²) in [4.78, 5) is 166. The van der Waals surface area contributed by atoms with E-state index in [0.29, 0.717) is 0 Å². The standard InChI is InChI=1S/C39H71N5O36P4.2CH4/c45-13-17(5-18(49)8-43(10-25(55)56)3-1-42(9-24(53)54)2-4-44(11-26(57)58)12-27(59)60)32(61)36(19(50)14-46)79-39-31(41-23(52)7-29(83(71,72)73)84(74,75)76)35(64)37(21(16-48)78-39)80-38-30(34(63)33(62)20(15-47)77-38)40-22(51)6-28(81(65,66)67)82(68,69)70;;/h17,19-21,28-39,45-48,50,61-64H,1-16H2,(H,40,51)(H,41,52)(H,53,54)(H,55,56)(H,57,58)(H,59,60)(H2,65,66,67)(H2,68,69,70)(H2,71,72,73)(H2,74,75,76);2*1H4/t17?,19?,20?,21?,30?,31?,32-,33+,34-,35-,36+,37+,38-,39-;;/m0../s1. The molecule has 23 N–H and O–H groups in total. The zero-order chi connectivity index (χ0) is 64.6. The van der Waals surface area contributed by atoms with E-state index in [9.17, 15) is 147 Å². The van der Waals surface area contributed by atoms with Gasteiger partial charge in [-0.3, -0.25) is 66.5 Å². The van der Waals surface area contributed by atoms with E-state index < -0.39 is 253 Å². The average Bonchev–Trinajstić information content (AvgIpc) is 1.22. The Morgan fingerprint density at radius 1 is 0.500 bits per heavy atom. The average molecular weight is 1340 g/mol. The number of rotatable bonds is 39. The predicted molar refractivity (Wildman–Crippen MR) is 281 cm³/mol. The van der Waals surface area contributed by atoms with Crippen LogP contribution in [0, 0.1) is 5.92 Å². The molecule has 86 heavy (non-hydrogen) atoms. The van der Waals surface area contributed by atoms with Gasteiger partial charge in [-0.2, -0.15) is 0 Å². The molecule has 0 bridgehead atoms. The fraction of sp³-hybridized carbons (Fsp3) is 0.829. The third-order valence-corrected chi connectivity index (χ3v) is 20.1. The number of nitrogens with one attached hydrogen (secondary N) is 2. The van der Waals surface area contributed by atoms with Crippen molar-refractivity contribution in [2.45, 2.75) is 125 Å². The summed E-state index contributed by atoms with van der Waals surface area (Å²) in [5, 5.41) is 132. The number of carboxylic acids is 4. The third kappa shape index (κ3) is 26.5. The Morgan fingerprint density at radius 2 is 0.872 bits per heavy atom. The van der Waals surface area contributed by atoms with Gasteiger partial charge in [0.15, 0.2) is 23.4 Å². The molecule has 2 fully saturated rings. The van der Waals surface area contributed by atoms with Crippen molar-refractivity contribution in [1.29, 1.82) is 0 Å². The minimum absolute atomic E-state index is 0. The van der Waals surface area contributed by atoms with Gasteiger partial charge in [0.2, 0.25) is 11.8 Å². The van der Waals surface area contributed by atoms with Crippen molar-refractivity contribution in [2.75, 3.05) is 85.3 Å². The molecule has 0 aromatic carbocycles. The molecule has 14 atom stereocenters. The maximum atomic E-state index is 13.6. The minimum atomic E-state index is -5.92. The van der Waals surface area contributed by atoms with Crippen LogP contribution in [-0.2, 0) is 70.8 Å². The second kappa shape index (κ2) is 36.3. The summed E-state index contributed by atoms with van der Waals surface area (Å²) in [7, 11) is -23.4. The molecule has 2 heterocycles. The van der Waals surface area contributed by atoms with Crippen LogP contribution in [0.2, 0.25) is 0 Å². The van der Waals surface area contributed by atoms with E-state index in [0.717, 1.165) is 14.7 Å². The van der Waals surface area contributed by atoms with Gasteiger partial charge in [-0.15, -0.1) is 0 Å². The summed E-state index contributed by atoms with van der Waals surface area (Å²) < 4.78 is 70.7. The second-order valence-electron chi connectivity index (χ2n) is 19.2. The molecule has 2 aliphatic rings. The highest BCUT2D eigenvalue weighted by Crippen LogP contribution is 2.62.